The van der Waals surface area contributed by atoms with Gasteiger partial charge in [0.15, 0.2) is 0 Å². The molecule has 0 aliphatic heterocycles. The van der Waals surface area contributed by atoms with Crippen molar-refractivity contribution in [2.75, 3.05) is 0 Å². The molecule has 0 aromatic rings. The molecule has 0 aromatic carbocycles. The highest BCUT2D eigenvalue weighted by atomic mass is 79.9. The Morgan fingerprint density at radius 2 is 0.818 bits per heavy atom. The minimum atomic E-state index is 0. The Kier molecular flexibility index (Phi) is 8.48. The Balaban J connectivity index is 0.00000176. The van der Waals surface area contributed by atoms with E-state index >= 15 is 0 Å². The van der Waals surface area contributed by atoms with E-state index < -0.39 is 0 Å². The average molecular weight is 387 g/mol. The van der Waals surface area contributed by atoms with Crippen LogP contribution >= 0.6 is 9.24 Å². The molecule has 1 unspecified atom stereocenters. The van der Waals surface area contributed by atoms with Gasteiger partial charge in [-0.2, -0.15) is 0 Å². The van der Waals surface area contributed by atoms with Crippen LogP contribution in [0.15, 0.2) is 10.9 Å². The number of hydrogen-bond acceptors (Lipinski definition) is 0. The Hall–Kier alpha value is 0.650. The predicted molar refractivity (Wildman–Crippen MR) is 97.9 cm³/mol. The van der Waals surface area contributed by atoms with Gasteiger partial charge in [0.05, 0.1) is 5.31 Å². The molecule has 0 aromatic heterocycles. The summed E-state index contributed by atoms with van der Waals surface area (Å²) in [5.41, 5.74) is 2.01. The molecule has 0 amide bonds. The molecule has 3 aliphatic carbocycles. The molecule has 128 valence electrons. The molecule has 0 saturated heterocycles. The summed E-state index contributed by atoms with van der Waals surface area (Å²) in [6.07, 6.45) is 22.6. The summed E-state index contributed by atoms with van der Waals surface area (Å²) in [7, 11) is 2.31. The molecule has 22 heavy (non-hydrogen) atoms. The number of hydrogen-bond donors (Lipinski definition) is 0. The smallest absolute Gasteiger partial charge is 0.0669 e. The summed E-state index contributed by atoms with van der Waals surface area (Å²) in [4.78, 5) is 0. The third kappa shape index (κ3) is 4.83. The van der Waals surface area contributed by atoms with Crippen molar-refractivity contribution < 1.29 is 17.0 Å². The van der Waals surface area contributed by atoms with E-state index in [9.17, 15) is 0 Å². The van der Waals surface area contributed by atoms with E-state index in [4.69, 9.17) is 0 Å². The van der Waals surface area contributed by atoms with Gasteiger partial charge < -0.3 is 17.0 Å². The molecule has 0 N–H and O–H groups in total. The largest absolute Gasteiger partial charge is 1.00 e. The second kappa shape index (κ2) is 9.83. The van der Waals surface area contributed by atoms with Crippen molar-refractivity contribution in [1.82, 2.24) is 0 Å². The van der Waals surface area contributed by atoms with E-state index in [0.29, 0.717) is 0 Å². The van der Waals surface area contributed by atoms with Gasteiger partial charge in [-0.05, 0) is 55.9 Å². The van der Waals surface area contributed by atoms with Crippen LogP contribution in [0.5, 0.6) is 0 Å². The Labute approximate surface area is 151 Å². The summed E-state index contributed by atoms with van der Waals surface area (Å²) in [5.74, 6) is 2.93. The number of rotatable bonds is 3. The van der Waals surface area contributed by atoms with E-state index in [1.807, 2.05) is 10.9 Å². The summed E-state index contributed by atoms with van der Waals surface area (Å²) >= 11 is 0. The topological polar surface area (TPSA) is 0 Å². The van der Waals surface area contributed by atoms with Crippen LogP contribution < -0.4 is 17.0 Å². The molecule has 3 aliphatic rings. The van der Waals surface area contributed by atoms with Crippen molar-refractivity contribution in [3.63, 3.8) is 0 Å². The van der Waals surface area contributed by atoms with Crippen LogP contribution in [0.3, 0.4) is 0 Å². The molecule has 0 spiro atoms. The first-order chi connectivity index (χ1) is 10.4. The Bertz CT molecular complexity index is 325. The van der Waals surface area contributed by atoms with Crippen molar-refractivity contribution in [2.24, 2.45) is 17.8 Å². The molecule has 0 bridgehead atoms. The molecule has 1 atom stereocenters. The van der Waals surface area contributed by atoms with Gasteiger partial charge in [0.2, 0.25) is 0 Å². The maximum Gasteiger partial charge on any atom is 0.0669 e. The first-order valence-electron chi connectivity index (χ1n) is 9.92. The van der Waals surface area contributed by atoms with E-state index in [1.54, 1.807) is 0 Å². The Morgan fingerprint density at radius 1 is 0.500 bits per heavy atom. The van der Waals surface area contributed by atoms with Crippen LogP contribution in [0.25, 0.3) is 0 Å². The molecule has 0 heterocycles. The maximum atomic E-state index is 2.31. The lowest BCUT2D eigenvalue weighted by Crippen LogP contribution is -3.00. The second-order valence-electron chi connectivity index (χ2n) is 7.99. The molecule has 3 rings (SSSR count). The first-order valence-corrected chi connectivity index (χ1v) is 10.6. The van der Waals surface area contributed by atoms with Crippen molar-refractivity contribution >= 4 is 9.24 Å². The Morgan fingerprint density at radius 3 is 1.18 bits per heavy atom. The minimum Gasteiger partial charge on any atom is -1.00 e. The summed E-state index contributed by atoms with van der Waals surface area (Å²) in [6.45, 7) is 0. The highest BCUT2D eigenvalue weighted by Gasteiger charge is 2.32. The molecular formula is C20H36BrP. The van der Waals surface area contributed by atoms with E-state index in [-0.39, 0.29) is 17.0 Å². The van der Waals surface area contributed by atoms with E-state index in [2.05, 4.69) is 9.24 Å². The third-order valence-corrected chi connectivity index (χ3v) is 7.54. The number of halogens is 1. The van der Waals surface area contributed by atoms with Crippen LogP contribution in [-0.4, -0.2) is 0 Å². The van der Waals surface area contributed by atoms with Crippen LogP contribution in [0.1, 0.15) is 96.3 Å². The lowest BCUT2D eigenvalue weighted by atomic mass is 9.71. The van der Waals surface area contributed by atoms with Crippen LogP contribution in [0.2, 0.25) is 0 Å². The SMILES string of the molecule is [Br-].[PH3+]C(=C(C1CCCCC1)C1CCCCC1)C1CCCCC1. The monoisotopic (exact) mass is 386 g/mol. The fraction of sp³-hybridized carbons (Fsp3) is 0.900. The highest BCUT2D eigenvalue weighted by molar-refractivity contribution is 7.22. The number of allylic oxidation sites excluding steroid dienone is 2. The molecule has 0 nitrogen and oxygen atoms in total. The van der Waals surface area contributed by atoms with Crippen molar-refractivity contribution in [3.8, 4) is 0 Å². The molecule has 0 radical (unpaired) electrons. The average Bonchev–Trinajstić information content (AvgIpc) is 2.58. The highest BCUT2D eigenvalue weighted by Crippen LogP contribution is 2.46. The standard InChI is InChI=1S/C20H35P.BrH/c21-20(18-14-8-3-9-15-18)19(16-10-4-1-5-11-16)17-12-6-2-7-13-17;/h16-18H,1-15,21H2;1H. The lowest BCUT2D eigenvalue weighted by molar-refractivity contribution is -0.00000435. The van der Waals surface area contributed by atoms with E-state index in [0.717, 1.165) is 17.8 Å². The van der Waals surface area contributed by atoms with Gasteiger partial charge in [-0.25, -0.2) is 0 Å². The third-order valence-electron chi connectivity index (χ3n) is 6.56. The zero-order valence-corrected chi connectivity index (χ0v) is 17.4. The molecule has 3 saturated carbocycles. The first kappa shape index (κ1) is 19.0. The van der Waals surface area contributed by atoms with Gasteiger partial charge in [0, 0.05) is 15.2 Å². The quantitative estimate of drug-likeness (QED) is 0.650. The van der Waals surface area contributed by atoms with Crippen molar-refractivity contribution in [3.05, 3.63) is 10.9 Å². The zero-order valence-electron chi connectivity index (χ0n) is 14.4. The fourth-order valence-electron chi connectivity index (χ4n) is 5.37. The predicted octanol–water partition coefficient (Wildman–Crippen LogP) is 3.59. The second-order valence-corrected chi connectivity index (χ2v) is 8.75. The van der Waals surface area contributed by atoms with Crippen LogP contribution in [0.4, 0.5) is 0 Å². The van der Waals surface area contributed by atoms with Crippen LogP contribution in [-0.2, 0) is 0 Å². The normalized spacial score (nSPS) is 25.6. The lowest BCUT2D eigenvalue weighted by Gasteiger charge is -2.34. The fourth-order valence-corrected chi connectivity index (χ4v) is 6.36. The van der Waals surface area contributed by atoms with Gasteiger partial charge in [0.25, 0.3) is 0 Å². The molecular weight excluding hydrogens is 351 g/mol. The van der Waals surface area contributed by atoms with Gasteiger partial charge in [0.1, 0.15) is 0 Å². The van der Waals surface area contributed by atoms with Crippen LogP contribution in [0, 0.1) is 17.8 Å². The summed E-state index contributed by atoms with van der Waals surface area (Å²) < 4.78 is 0. The summed E-state index contributed by atoms with van der Waals surface area (Å²) in [5, 5.41) is 1.91. The van der Waals surface area contributed by atoms with Crippen molar-refractivity contribution in [2.45, 2.75) is 96.3 Å². The molecule has 3 fully saturated rings. The van der Waals surface area contributed by atoms with Gasteiger partial charge in [-0.15, -0.1) is 0 Å². The van der Waals surface area contributed by atoms with Gasteiger partial charge in [-0.3, -0.25) is 0 Å². The van der Waals surface area contributed by atoms with E-state index in [1.165, 1.54) is 96.3 Å². The van der Waals surface area contributed by atoms with Gasteiger partial charge >= 0.3 is 0 Å². The van der Waals surface area contributed by atoms with Gasteiger partial charge in [-0.1, -0.05) is 57.8 Å². The minimum absolute atomic E-state index is 0. The molecule has 2 heteroatoms. The van der Waals surface area contributed by atoms with Crippen molar-refractivity contribution in [1.29, 1.82) is 0 Å². The maximum absolute atomic E-state index is 2.31. The summed E-state index contributed by atoms with van der Waals surface area (Å²) in [6, 6.07) is 0. The zero-order chi connectivity index (χ0) is 14.5.